The second kappa shape index (κ2) is 7.75. The number of hydrogen-bond donors (Lipinski definition) is 1. The number of Topliss-reactive ketones (excluding diaryl/α,β-unsaturated/α-hetero) is 1. The van der Waals surface area contributed by atoms with Crippen molar-refractivity contribution in [1.82, 2.24) is 10.2 Å². The quantitative estimate of drug-likeness (QED) is 0.776. The van der Waals surface area contributed by atoms with Crippen LogP contribution in [0.15, 0.2) is 24.3 Å². The van der Waals surface area contributed by atoms with Gasteiger partial charge in [-0.1, -0.05) is 19.1 Å². The van der Waals surface area contributed by atoms with Crippen LogP contribution in [0.1, 0.15) is 31.1 Å². The molecule has 110 valence electrons. The lowest BCUT2D eigenvalue weighted by molar-refractivity contribution is -0.122. The minimum atomic E-state index is -0.434. The van der Waals surface area contributed by atoms with Gasteiger partial charge in [-0.05, 0) is 32.5 Å². The molecule has 0 fully saturated rings. The molecule has 0 unspecified atom stereocenters. The van der Waals surface area contributed by atoms with E-state index in [1.165, 1.54) is 18.2 Å². The number of benzene rings is 1. The molecule has 0 aliphatic carbocycles. The number of likely N-dealkylation sites (N-methyl/N-ethyl adjacent to an activating group) is 1. The summed E-state index contributed by atoms with van der Waals surface area (Å²) in [7, 11) is 0. The van der Waals surface area contributed by atoms with Crippen molar-refractivity contribution < 1.29 is 14.0 Å². The van der Waals surface area contributed by atoms with Crippen molar-refractivity contribution >= 4 is 11.7 Å². The zero-order chi connectivity index (χ0) is 15.1. The SMILES string of the molecule is CCN(CC(=O)NC(C)C)CC(=O)c1cccc(F)c1. The summed E-state index contributed by atoms with van der Waals surface area (Å²) in [6.45, 7) is 6.48. The monoisotopic (exact) mass is 280 g/mol. The lowest BCUT2D eigenvalue weighted by atomic mass is 10.1. The van der Waals surface area contributed by atoms with Gasteiger partial charge in [-0.15, -0.1) is 0 Å². The van der Waals surface area contributed by atoms with E-state index in [9.17, 15) is 14.0 Å². The molecule has 0 radical (unpaired) electrons. The average molecular weight is 280 g/mol. The molecular weight excluding hydrogens is 259 g/mol. The minimum absolute atomic E-state index is 0.0696. The molecule has 5 heteroatoms. The molecule has 1 aromatic rings. The molecule has 0 spiro atoms. The van der Waals surface area contributed by atoms with Crippen molar-refractivity contribution in [3.63, 3.8) is 0 Å². The highest BCUT2D eigenvalue weighted by molar-refractivity contribution is 5.97. The van der Waals surface area contributed by atoms with Crippen LogP contribution in [-0.4, -0.2) is 42.3 Å². The van der Waals surface area contributed by atoms with Crippen LogP contribution in [0.25, 0.3) is 0 Å². The summed E-state index contributed by atoms with van der Waals surface area (Å²) in [5, 5.41) is 2.78. The van der Waals surface area contributed by atoms with Crippen LogP contribution in [0.4, 0.5) is 4.39 Å². The van der Waals surface area contributed by atoms with E-state index < -0.39 is 5.82 Å². The zero-order valence-corrected chi connectivity index (χ0v) is 12.1. The minimum Gasteiger partial charge on any atom is -0.353 e. The van der Waals surface area contributed by atoms with Gasteiger partial charge in [0.15, 0.2) is 5.78 Å². The molecule has 20 heavy (non-hydrogen) atoms. The van der Waals surface area contributed by atoms with Crippen LogP contribution in [0.3, 0.4) is 0 Å². The number of amides is 1. The van der Waals surface area contributed by atoms with Crippen LogP contribution < -0.4 is 5.32 Å². The van der Waals surface area contributed by atoms with Crippen LogP contribution in [0.5, 0.6) is 0 Å². The first kappa shape index (κ1) is 16.3. The van der Waals surface area contributed by atoms with E-state index in [0.29, 0.717) is 12.1 Å². The Morgan fingerprint density at radius 2 is 2.00 bits per heavy atom. The Morgan fingerprint density at radius 1 is 1.30 bits per heavy atom. The topological polar surface area (TPSA) is 49.4 Å². The van der Waals surface area contributed by atoms with Gasteiger partial charge in [0, 0.05) is 11.6 Å². The highest BCUT2D eigenvalue weighted by Crippen LogP contribution is 2.05. The highest BCUT2D eigenvalue weighted by atomic mass is 19.1. The van der Waals surface area contributed by atoms with E-state index >= 15 is 0 Å². The molecule has 0 heterocycles. The van der Waals surface area contributed by atoms with Crippen LogP contribution in [0.2, 0.25) is 0 Å². The Labute approximate surface area is 119 Å². The molecule has 0 saturated heterocycles. The van der Waals surface area contributed by atoms with Crippen molar-refractivity contribution in [2.24, 2.45) is 0 Å². The fraction of sp³-hybridized carbons (Fsp3) is 0.467. The smallest absolute Gasteiger partial charge is 0.234 e. The van der Waals surface area contributed by atoms with Gasteiger partial charge < -0.3 is 5.32 Å². The van der Waals surface area contributed by atoms with Crippen LogP contribution >= 0.6 is 0 Å². The predicted octanol–water partition coefficient (Wildman–Crippen LogP) is 1.85. The summed E-state index contributed by atoms with van der Waals surface area (Å²) in [5.41, 5.74) is 0.327. The average Bonchev–Trinajstić information content (AvgIpc) is 2.36. The second-order valence-corrected chi connectivity index (χ2v) is 4.96. The molecule has 0 aliphatic heterocycles. The van der Waals surface area contributed by atoms with Gasteiger partial charge in [0.1, 0.15) is 5.82 Å². The van der Waals surface area contributed by atoms with E-state index in [1.807, 2.05) is 20.8 Å². The Morgan fingerprint density at radius 3 is 2.55 bits per heavy atom. The molecule has 0 aromatic heterocycles. The molecule has 1 N–H and O–H groups in total. The van der Waals surface area contributed by atoms with Gasteiger partial charge in [-0.2, -0.15) is 0 Å². The van der Waals surface area contributed by atoms with E-state index in [0.717, 1.165) is 0 Å². The maximum absolute atomic E-state index is 13.1. The number of hydrogen-bond acceptors (Lipinski definition) is 3. The number of nitrogens with zero attached hydrogens (tertiary/aromatic N) is 1. The normalized spacial score (nSPS) is 10.9. The van der Waals surface area contributed by atoms with Crippen molar-refractivity contribution in [2.45, 2.75) is 26.8 Å². The van der Waals surface area contributed by atoms with E-state index in [1.54, 1.807) is 11.0 Å². The summed E-state index contributed by atoms with van der Waals surface area (Å²) in [4.78, 5) is 25.4. The number of ketones is 1. The number of halogens is 1. The maximum atomic E-state index is 13.1. The summed E-state index contributed by atoms with van der Waals surface area (Å²) in [5.74, 6) is -0.742. The number of carbonyl (C=O) groups is 2. The largest absolute Gasteiger partial charge is 0.353 e. The molecule has 1 rings (SSSR count). The molecule has 0 saturated carbocycles. The third-order valence-corrected chi connectivity index (χ3v) is 2.78. The summed E-state index contributed by atoms with van der Waals surface area (Å²) < 4.78 is 13.1. The maximum Gasteiger partial charge on any atom is 0.234 e. The van der Waals surface area contributed by atoms with Crippen molar-refractivity contribution in [3.8, 4) is 0 Å². The summed E-state index contributed by atoms with van der Waals surface area (Å²) in [6, 6.07) is 5.66. The lowest BCUT2D eigenvalue weighted by Gasteiger charge is -2.19. The first-order chi connectivity index (χ1) is 9.42. The standard InChI is InChI=1S/C15H21FN2O2/c1-4-18(10-15(20)17-11(2)3)9-14(19)12-6-5-7-13(16)8-12/h5-8,11H,4,9-10H2,1-3H3,(H,17,20). The first-order valence-corrected chi connectivity index (χ1v) is 6.72. The van der Waals surface area contributed by atoms with E-state index in [2.05, 4.69) is 5.32 Å². The fourth-order valence-corrected chi connectivity index (χ4v) is 1.81. The van der Waals surface area contributed by atoms with Crippen molar-refractivity contribution in [1.29, 1.82) is 0 Å². The Hall–Kier alpha value is -1.75. The third kappa shape index (κ3) is 5.48. The molecule has 0 bridgehead atoms. The first-order valence-electron chi connectivity index (χ1n) is 6.72. The predicted molar refractivity (Wildman–Crippen MR) is 76.1 cm³/mol. The highest BCUT2D eigenvalue weighted by Gasteiger charge is 2.15. The summed E-state index contributed by atoms with van der Waals surface area (Å²) in [6.07, 6.45) is 0. The molecule has 1 aromatic carbocycles. The molecule has 0 atom stereocenters. The number of rotatable bonds is 7. The summed E-state index contributed by atoms with van der Waals surface area (Å²) >= 11 is 0. The lowest BCUT2D eigenvalue weighted by Crippen LogP contribution is -2.41. The van der Waals surface area contributed by atoms with E-state index in [-0.39, 0.29) is 30.8 Å². The fourth-order valence-electron chi connectivity index (χ4n) is 1.81. The molecular formula is C15H21FN2O2. The van der Waals surface area contributed by atoms with Crippen molar-refractivity contribution in [3.05, 3.63) is 35.6 Å². The Bertz CT molecular complexity index is 475. The van der Waals surface area contributed by atoms with Crippen LogP contribution in [-0.2, 0) is 4.79 Å². The number of nitrogens with one attached hydrogen (secondary N) is 1. The third-order valence-electron chi connectivity index (χ3n) is 2.78. The zero-order valence-electron chi connectivity index (χ0n) is 12.1. The van der Waals surface area contributed by atoms with Gasteiger partial charge in [0.05, 0.1) is 13.1 Å². The second-order valence-electron chi connectivity index (χ2n) is 4.96. The van der Waals surface area contributed by atoms with E-state index in [4.69, 9.17) is 0 Å². The van der Waals surface area contributed by atoms with Crippen molar-refractivity contribution in [2.75, 3.05) is 19.6 Å². The van der Waals surface area contributed by atoms with Gasteiger partial charge in [0.2, 0.25) is 5.91 Å². The van der Waals surface area contributed by atoms with Gasteiger partial charge in [-0.3, -0.25) is 14.5 Å². The molecule has 4 nitrogen and oxygen atoms in total. The van der Waals surface area contributed by atoms with Crippen LogP contribution in [0, 0.1) is 5.82 Å². The van der Waals surface area contributed by atoms with Gasteiger partial charge in [0.25, 0.3) is 0 Å². The Kier molecular flexibility index (Phi) is 6.31. The number of carbonyl (C=O) groups excluding carboxylic acids is 2. The van der Waals surface area contributed by atoms with Gasteiger partial charge in [-0.25, -0.2) is 4.39 Å². The molecule has 0 aliphatic rings. The van der Waals surface area contributed by atoms with Gasteiger partial charge >= 0.3 is 0 Å². The molecule has 1 amide bonds. The Balaban J connectivity index is 2.60.